The van der Waals surface area contributed by atoms with Crippen molar-refractivity contribution in [2.24, 2.45) is 0 Å². The zero-order chi connectivity index (χ0) is 35.5. The van der Waals surface area contributed by atoms with E-state index in [1.807, 2.05) is 91.0 Å². The van der Waals surface area contributed by atoms with E-state index in [0.29, 0.717) is 11.7 Å². The van der Waals surface area contributed by atoms with Gasteiger partial charge in [0.2, 0.25) is 0 Å². The van der Waals surface area contributed by atoms with Gasteiger partial charge in [0.15, 0.2) is 0 Å². The summed E-state index contributed by atoms with van der Waals surface area (Å²) < 4.78 is 41.6. The Hall–Kier alpha value is -3.69. The minimum absolute atomic E-state index is 0. The SMILES string of the molecule is O=S(=O)([O-])C1(CP(c2ccccc2)c2ccccc2)CC=c2ccccc2=C1c1c(CP(c2ccccc2)c2ccccc2)ccc2ccccc12.[Na+]. The number of hydrogen-bond donors (Lipinski definition) is 0. The maximum atomic E-state index is 14.4. The third-order valence-electron chi connectivity index (χ3n) is 10.1. The molecule has 0 amide bonds. The number of hydrogen-bond acceptors (Lipinski definition) is 3. The first-order chi connectivity index (χ1) is 25.4. The van der Waals surface area contributed by atoms with Gasteiger partial charge in [0.1, 0.15) is 10.1 Å². The van der Waals surface area contributed by atoms with E-state index in [0.717, 1.165) is 42.9 Å². The normalized spacial score (nSPS) is 15.5. The van der Waals surface area contributed by atoms with Gasteiger partial charge >= 0.3 is 29.6 Å². The molecule has 256 valence electrons. The quantitative estimate of drug-likeness (QED) is 0.119. The van der Waals surface area contributed by atoms with Gasteiger partial charge in [-0.3, -0.25) is 0 Å². The van der Waals surface area contributed by atoms with Crippen molar-refractivity contribution in [2.75, 3.05) is 6.16 Å². The van der Waals surface area contributed by atoms with E-state index < -0.39 is 30.7 Å². The molecule has 0 aliphatic heterocycles. The molecule has 0 aromatic heterocycles. The van der Waals surface area contributed by atoms with Crippen molar-refractivity contribution >= 4 is 69.6 Å². The summed E-state index contributed by atoms with van der Waals surface area (Å²) in [5, 5.41) is 8.29. The molecule has 0 saturated carbocycles. The molecule has 0 radical (unpaired) electrons. The maximum absolute atomic E-state index is 14.4. The van der Waals surface area contributed by atoms with Gasteiger partial charge in [0.05, 0.1) is 4.75 Å². The Morgan fingerprint density at radius 2 is 1.02 bits per heavy atom. The molecule has 1 aliphatic carbocycles. The van der Waals surface area contributed by atoms with Crippen LogP contribution in [0.5, 0.6) is 0 Å². The molecular weight excluding hydrogens is 718 g/mol. The summed E-state index contributed by atoms with van der Waals surface area (Å²) in [5.41, 5.74) is 2.54. The summed E-state index contributed by atoms with van der Waals surface area (Å²) in [4.78, 5) is 0. The molecule has 0 N–H and O–H groups in total. The van der Waals surface area contributed by atoms with Crippen LogP contribution in [0.3, 0.4) is 0 Å². The van der Waals surface area contributed by atoms with E-state index in [-0.39, 0.29) is 42.1 Å². The standard InChI is InChI=1S/C46H38O3P2S.Na/c47-52(48,49)46(34-51(40-23-9-3-10-24-40)41-25-11-4-12-26-41)32-31-36-18-14-16-28-43(36)45(46)44-37(30-29-35-17-13-15-27-42(35)44)33-50(38-19-5-1-6-20-38)39-21-7-2-8-22-39;/h1-31H,32-34H2,(H,47,48,49);/q;+1/p-1. The first kappa shape index (κ1) is 37.6. The van der Waals surface area contributed by atoms with Gasteiger partial charge in [0.25, 0.3) is 0 Å². The van der Waals surface area contributed by atoms with E-state index in [1.165, 1.54) is 10.6 Å². The summed E-state index contributed by atoms with van der Waals surface area (Å²) in [6.45, 7) is 0. The second kappa shape index (κ2) is 16.4. The van der Waals surface area contributed by atoms with E-state index in [2.05, 4.69) is 97.1 Å². The zero-order valence-corrected chi connectivity index (χ0v) is 34.2. The van der Waals surface area contributed by atoms with Crippen LogP contribution in [0.4, 0.5) is 0 Å². The van der Waals surface area contributed by atoms with E-state index in [1.54, 1.807) is 0 Å². The summed E-state index contributed by atoms with van der Waals surface area (Å²) in [6, 6.07) is 61.9. The molecule has 0 saturated heterocycles. The molecule has 0 spiro atoms. The molecule has 1 atom stereocenters. The van der Waals surface area contributed by atoms with Crippen LogP contribution in [0.15, 0.2) is 182 Å². The molecular formula is C46H37NaO3P2S. The second-order valence-corrected chi connectivity index (χ2v) is 19.3. The Bertz CT molecular complexity index is 2510. The van der Waals surface area contributed by atoms with E-state index >= 15 is 0 Å². The number of fused-ring (bicyclic) bond motifs is 2. The van der Waals surface area contributed by atoms with Crippen LogP contribution in [0.25, 0.3) is 22.4 Å². The van der Waals surface area contributed by atoms with Crippen LogP contribution in [0, 0.1) is 0 Å². The van der Waals surface area contributed by atoms with Gasteiger partial charge in [-0.25, -0.2) is 8.42 Å². The Morgan fingerprint density at radius 1 is 0.547 bits per heavy atom. The van der Waals surface area contributed by atoms with Gasteiger partial charge < -0.3 is 4.55 Å². The van der Waals surface area contributed by atoms with Gasteiger partial charge in [-0.15, -0.1) is 0 Å². The van der Waals surface area contributed by atoms with Crippen LogP contribution in [0.2, 0.25) is 0 Å². The van der Waals surface area contributed by atoms with Crippen molar-refractivity contribution in [2.45, 2.75) is 17.3 Å². The molecule has 0 bridgehead atoms. The minimum Gasteiger partial charge on any atom is -0.747 e. The minimum atomic E-state index is -4.95. The van der Waals surface area contributed by atoms with Crippen molar-refractivity contribution in [3.05, 3.63) is 204 Å². The smallest absolute Gasteiger partial charge is 0.747 e. The molecule has 0 heterocycles. The fourth-order valence-corrected chi connectivity index (χ4v) is 14.2. The predicted octanol–water partition coefficient (Wildman–Crippen LogP) is 4.28. The van der Waals surface area contributed by atoms with Crippen molar-refractivity contribution in [1.82, 2.24) is 0 Å². The van der Waals surface area contributed by atoms with Crippen molar-refractivity contribution in [3.63, 3.8) is 0 Å². The average molecular weight is 755 g/mol. The molecule has 7 aromatic carbocycles. The fraction of sp³-hybridized carbons (Fsp3) is 0.0870. The zero-order valence-electron chi connectivity index (χ0n) is 29.5. The maximum Gasteiger partial charge on any atom is 1.00 e. The Kier molecular flexibility index (Phi) is 11.6. The molecule has 0 fully saturated rings. The number of benzene rings is 7. The summed E-state index contributed by atoms with van der Waals surface area (Å²) >= 11 is 0. The van der Waals surface area contributed by atoms with Gasteiger partial charge in [0, 0.05) is 6.16 Å². The Labute approximate surface area is 336 Å². The number of rotatable bonds is 10. The van der Waals surface area contributed by atoms with Crippen molar-refractivity contribution < 1.29 is 42.5 Å². The summed E-state index contributed by atoms with van der Waals surface area (Å²) in [6.07, 6.45) is 2.92. The van der Waals surface area contributed by atoms with Gasteiger partial charge in [-0.2, -0.15) is 0 Å². The summed E-state index contributed by atoms with van der Waals surface area (Å²) in [5.74, 6) is 0. The topological polar surface area (TPSA) is 57.2 Å². The monoisotopic (exact) mass is 754 g/mol. The molecule has 7 heteroatoms. The van der Waals surface area contributed by atoms with Crippen LogP contribution in [0.1, 0.15) is 17.5 Å². The average Bonchev–Trinajstić information content (AvgIpc) is 3.19. The molecule has 8 rings (SSSR count). The van der Waals surface area contributed by atoms with Crippen LogP contribution in [-0.4, -0.2) is 23.9 Å². The largest absolute Gasteiger partial charge is 1.00 e. The van der Waals surface area contributed by atoms with E-state index in [4.69, 9.17) is 0 Å². The predicted molar refractivity (Wildman–Crippen MR) is 220 cm³/mol. The molecule has 53 heavy (non-hydrogen) atoms. The van der Waals surface area contributed by atoms with Crippen LogP contribution < -0.4 is 61.2 Å². The molecule has 1 unspecified atom stereocenters. The molecule has 1 aliphatic rings. The molecule has 7 aromatic rings. The third-order valence-corrected chi connectivity index (χ3v) is 17.0. The Balaban J connectivity index is 0.00000435. The first-order valence-corrected chi connectivity index (χ1v) is 21.9. The van der Waals surface area contributed by atoms with Crippen LogP contribution >= 0.6 is 15.8 Å². The van der Waals surface area contributed by atoms with E-state index in [9.17, 15) is 13.0 Å². The van der Waals surface area contributed by atoms with Gasteiger partial charge in [-0.1, -0.05) is 188 Å². The van der Waals surface area contributed by atoms with Crippen molar-refractivity contribution in [1.29, 1.82) is 0 Å². The fourth-order valence-electron chi connectivity index (χ4n) is 7.60. The second-order valence-electron chi connectivity index (χ2n) is 13.2. The summed E-state index contributed by atoms with van der Waals surface area (Å²) in [7, 11) is -7.08. The third kappa shape index (κ3) is 7.53. The first-order valence-electron chi connectivity index (χ1n) is 17.4. The molecule has 3 nitrogen and oxygen atoms in total. The van der Waals surface area contributed by atoms with Crippen molar-refractivity contribution in [3.8, 4) is 0 Å². The van der Waals surface area contributed by atoms with Crippen LogP contribution in [-0.2, 0) is 16.3 Å². The van der Waals surface area contributed by atoms with Gasteiger partial charge in [-0.05, 0) is 87.6 Å². The Morgan fingerprint density at radius 3 is 1.57 bits per heavy atom.